The molecule has 0 amide bonds. The van der Waals surface area contributed by atoms with E-state index < -0.39 is 5.97 Å². The van der Waals surface area contributed by atoms with Crippen LogP contribution >= 0.6 is 23.2 Å². The van der Waals surface area contributed by atoms with E-state index in [1.54, 1.807) is 66.9 Å². The maximum Gasteiger partial charge on any atom is 0.343 e. The minimum atomic E-state index is -0.457. The normalized spacial score (nSPS) is 10.7. The highest BCUT2D eigenvalue weighted by Gasteiger charge is 2.12. The molecule has 0 aliphatic rings. The number of benzene rings is 3. The van der Waals surface area contributed by atoms with E-state index in [1.807, 2.05) is 6.07 Å². The van der Waals surface area contributed by atoms with Gasteiger partial charge in [-0.15, -0.1) is 0 Å². The standard InChI is InChI=1S/C21H16Cl2N2O3/c1-27-20-11-14(13-24-25-16-8-9-17(22)18(23)12-16)7-10-19(20)28-21(26)15-5-3-2-4-6-15/h2-13,25H,1H3. The van der Waals surface area contributed by atoms with Crippen LogP contribution in [0.15, 0.2) is 71.8 Å². The lowest BCUT2D eigenvalue weighted by molar-refractivity contribution is 0.0729. The highest BCUT2D eigenvalue weighted by Crippen LogP contribution is 2.28. The third-order valence-electron chi connectivity index (χ3n) is 3.73. The van der Waals surface area contributed by atoms with Gasteiger partial charge in [-0.3, -0.25) is 5.43 Å². The molecule has 0 aromatic heterocycles. The summed E-state index contributed by atoms with van der Waals surface area (Å²) in [5.74, 6) is 0.287. The van der Waals surface area contributed by atoms with Crippen molar-refractivity contribution in [3.8, 4) is 11.5 Å². The lowest BCUT2D eigenvalue weighted by atomic mass is 10.2. The van der Waals surface area contributed by atoms with Crippen LogP contribution in [0.3, 0.4) is 0 Å². The molecule has 0 atom stereocenters. The fraction of sp³-hybridized carbons (Fsp3) is 0.0476. The van der Waals surface area contributed by atoms with Crippen LogP contribution in [0, 0.1) is 0 Å². The second-order valence-corrected chi connectivity index (χ2v) is 6.48. The van der Waals surface area contributed by atoms with E-state index in [-0.39, 0.29) is 0 Å². The number of hydrogen-bond acceptors (Lipinski definition) is 5. The second-order valence-electron chi connectivity index (χ2n) is 5.66. The van der Waals surface area contributed by atoms with Crippen molar-refractivity contribution >= 4 is 41.1 Å². The van der Waals surface area contributed by atoms with Gasteiger partial charge in [0.15, 0.2) is 11.5 Å². The molecule has 28 heavy (non-hydrogen) atoms. The van der Waals surface area contributed by atoms with E-state index in [2.05, 4.69) is 10.5 Å². The van der Waals surface area contributed by atoms with Crippen LogP contribution in [0.2, 0.25) is 10.0 Å². The monoisotopic (exact) mass is 414 g/mol. The second kappa shape index (κ2) is 9.26. The van der Waals surface area contributed by atoms with Crippen molar-refractivity contribution in [1.82, 2.24) is 0 Å². The topological polar surface area (TPSA) is 59.9 Å². The zero-order valence-corrected chi connectivity index (χ0v) is 16.4. The SMILES string of the molecule is COc1cc(C=NNc2ccc(Cl)c(Cl)c2)ccc1OC(=O)c1ccccc1. The summed E-state index contributed by atoms with van der Waals surface area (Å²) in [6.07, 6.45) is 1.60. The third-order valence-corrected chi connectivity index (χ3v) is 4.47. The summed E-state index contributed by atoms with van der Waals surface area (Å²) in [6.45, 7) is 0. The van der Waals surface area contributed by atoms with Gasteiger partial charge in [-0.25, -0.2) is 4.79 Å². The Kier molecular flexibility index (Phi) is 6.53. The van der Waals surface area contributed by atoms with E-state index in [0.29, 0.717) is 32.8 Å². The van der Waals surface area contributed by atoms with Crippen molar-refractivity contribution < 1.29 is 14.3 Å². The summed E-state index contributed by atoms with van der Waals surface area (Å²) >= 11 is 11.9. The Bertz CT molecular complexity index is 1010. The van der Waals surface area contributed by atoms with Gasteiger partial charge in [0.2, 0.25) is 0 Å². The lowest BCUT2D eigenvalue weighted by Crippen LogP contribution is -2.09. The molecule has 0 bridgehead atoms. The highest BCUT2D eigenvalue weighted by atomic mass is 35.5. The van der Waals surface area contributed by atoms with Gasteiger partial charge < -0.3 is 9.47 Å². The minimum absolute atomic E-state index is 0.325. The van der Waals surface area contributed by atoms with Crippen molar-refractivity contribution in [2.75, 3.05) is 12.5 Å². The number of rotatable bonds is 6. The highest BCUT2D eigenvalue weighted by molar-refractivity contribution is 6.42. The Morgan fingerprint density at radius 1 is 0.964 bits per heavy atom. The number of carbonyl (C=O) groups is 1. The van der Waals surface area contributed by atoms with Gasteiger partial charge in [0.25, 0.3) is 0 Å². The molecule has 0 radical (unpaired) electrons. The van der Waals surface area contributed by atoms with E-state index in [0.717, 1.165) is 5.56 Å². The predicted molar refractivity (Wildman–Crippen MR) is 112 cm³/mol. The maximum absolute atomic E-state index is 12.2. The van der Waals surface area contributed by atoms with Crippen LogP contribution in [0.5, 0.6) is 11.5 Å². The van der Waals surface area contributed by atoms with E-state index >= 15 is 0 Å². The molecule has 1 N–H and O–H groups in total. The number of halogens is 2. The van der Waals surface area contributed by atoms with Gasteiger partial charge in [0, 0.05) is 0 Å². The van der Waals surface area contributed by atoms with Crippen LogP contribution in [0.1, 0.15) is 15.9 Å². The minimum Gasteiger partial charge on any atom is -0.493 e. The molecular formula is C21H16Cl2N2O3. The molecule has 0 aliphatic heterocycles. The molecule has 5 nitrogen and oxygen atoms in total. The molecule has 0 saturated carbocycles. The molecule has 3 aromatic rings. The number of hydrazone groups is 1. The summed E-state index contributed by atoms with van der Waals surface area (Å²) < 4.78 is 10.7. The summed E-state index contributed by atoms with van der Waals surface area (Å²) in [4.78, 5) is 12.2. The Morgan fingerprint density at radius 3 is 2.46 bits per heavy atom. The number of nitrogens with zero attached hydrogens (tertiary/aromatic N) is 1. The first kappa shape index (κ1) is 19.7. The van der Waals surface area contributed by atoms with Crippen molar-refractivity contribution in [1.29, 1.82) is 0 Å². The lowest BCUT2D eigenvalue weighted by Gasteiger charge is -2.10. The number of methoxy groups -OCH3 is 1. The summed E-state index contributed by atoms with van der Waals surface area (Å²) in [7, 11) is 1.50. The number of anilines is 1. The van der Waals surface area contributed by atoms with E-state index in [9.17, 15) is 4.79 Å². The van der Waals surface area contributed by atoms with Gasteiger partial charge in [0.1, 0.15) is 0 Å². The van der Waals surface area contributed by atoms with Crippen LogP contribution in [0.4, 0.5) is 5.69 Å². The molecule has 142 valence electrons. The van der Waals surface area contributed by atoms with Crippen LogP contribution < -0.4 is 14.9 Å². The molecular weight excluding hydrogens is 399 g/mol. The first-order chi connectivity index (χ1) is 13.6. The first-order valence-electron chi connectivity index (χ1n) is 8.26. The van der Waals surface area contributed by atoms with Gasteiger partial charge in [-0.2, -0.15) is 5.10 Å². The average molecular weight is 415 g/mol. The van der Waals surface area contributed by atoms with Crippen LogP contribution in [-0.2, 0) is 0 Å². The molecule has 0 fully saturated rings. The summed E-state index contributed by atoms with van der Waals surface area (Å²) in [5, 5.41) is 5.07. The number of nitrogens with one attached hydrogen (secondary N) is 1. The number of carbonyl (C=O) groups excluding carboxylic acids is 1. The van der Waals surface area contributed by atoms with Crippen molar-refractivity contribution in [2.24, 2.45) is 5.10 Å². The Morgan fingerprint density at radius 2 is 1.75 bits per heavy atom. The first-order valence-corrected chi connectivity index (χ1v) is 9.02. The fourth-order valence-electron chi connectivity index (χ4n) is 2.33. The molecule has 3 aromatic carbocycles. The smallest absolute Gasteiger partial charge is 0.343 e. The number of ether oxygens (including phenoxy) is 2. The quantitative estimate of drug-likeness (QED) is 0.244. The largest absolute Gasteiger partial charge is 0.493 e. The summed E-state index contributed by atoms with van der Waals surface area (Å²) in [6, 6.07) is 19.0. The Hall–Kier alpha value is -3.02. The molecule has 0 heterocycles. The van der Waals surface area contributed by atoms with Gasteiger partial charge in [0.05, 0.1) is 34.6 Å². The molecule has 3 rings (SSSR count). The predicted octanol–water partition coefficient (Wildman–Crippen LogP) is 5.67. The zero-order valence-electron chi connectivity index (χ0n) is 14.9. The van der Waals surface area contributed by atoms with E-state index in [4.69, 9.17) is 32.7 Å². The number of hydrogen-bond donors (Lipinski definition) is 1. The molecule has 7 heteroatoms. The molecule has 0 unspecified atom stereocenters. The third kappa shape index (κ3) is 5.03. The van der Waals surface area contributed by atoms with Gasteiger partial charge >= 0.3 is 5.97 Å². The van der Waals surface area contributed by atoms with Crippen LogP contribution in [-0.4, -0.2) is 19.3 Å². The Balaban J connectivity index is 1.70. The van der Waals surface area contributed by atoms with E-state index in [1.165, 1.54) is 7.11 Å². The van der Waals surface area contributed by atoms with Crippen LogP contribution in [0.25, 0.3) is 0 Å². The summed E-state index contributed by atoms with van der Waals surface area (Å²) in [5.41, 5.74) is 4.78. The number of esters is 1. The van der Waals surface area contributed by atoms with Crippen molar-refractivity contribution in [2.45, 2.75) is 0 Å². The van der Waals surface area contributed by atoms with Gasteiger partial charge in [-0.1, -0.05) is 41.4 Å². The fourth-order valence-corrected chi connectivity index (χ4v) is 2.63. The molecule has 0 saturated heterocycles. The van der Waals surface area contributed by atoms with Crippen molar-refractivity contribution in [3.05, 3.63) is 87.9 Å². The zero-order chi connectivity index (χ0) is 19.9. The van der Waals surface area contributed by atoms with Gasteiger partial charge in [-0.05, 0) is 54.1 Å². The maximum atomic E-state index is 12.2. The Labute approximate surface area is 172 Å². The average Bonchev–Trinajstić information content (AvgIpc) is 2.72. The molecule has 0 spiro atoms. The van der Waals surface area contributed by atoms with Crippen molar-refractivity contribution in [3.63, 3.8) is 0 Å². The molecule has 0 aliphatic carbocycles.